The van der Waals surface area contributed by atoms with Crippen molar-refractivity contribution in [3.05, 3.63) is 0 Å². The van der Waals surface area contributed by atoms with Crippen LogP contribution in [0.5, 0.6) is 0 Å². The van der Waals surface area contributed by atoms with Crippen molar-refractivity contribution in [3.63, 3.8) is 0 Å². The number of carbonyl (C=O) groups excluding carboxylic acids is 1. The lowest BCUT2D eigenvalue weighted by atomic mass is 9.96. The van der Waals surface area contributed by atoms with Gasteiger partial charge in [-0.05, 0) is 7.05 Å². The average Bonchev–Trinajstić information content (AvgIpc) is 2.62. The van der Waals surface area contributed by atoms with Crippen molar-refractivity contribution in [2.24, 2.45) is 11.8 Å². The number of nitrogens with one attached hydrogen (secondary N) is 1. The molecule has 1 amide bonds. The molecule has 100 valence electrons. The third-order valence-electron chi connectivity index (χ3n) is 2.92. The highest BCUT2D eigenvalue weighted by atomic mass is 19.4. The number of ether oxygens (including phenoxy) is 1. The van der Waals surface area contributed by atoms with Gasteiger partial charge >= 0.3 is 6.18 Å². The molecule has 7 heteroatoms. The average molecular weight is 254 g/mol. The Morgan fingerprint density at radius 3 is 2.59 bits per heavy atom. The van der Waals surface area contributed by atoms with E-state index in [1.54, 1.807) is 7.05 Å². The van der Waals surface area contributed by atoms with Gasteiger partial charge in [-0.15, -0.1) is 0 Å². The zero-order chi connectivity index (χ0) is 13.1. The highest BCUT2D eigenvalue weighted by molar-refractivity contribution is 5.78. The molecular formula is C10H17F3N2O2. The molecule has 0 radical (unpaired) electrons. The molecule has 0 aromatic heterocycles. The smallest absolute Gasteiger partial charge is 0.384 e. The summed E-state index contributed by atoms with van der Waals surface area (Å²) in [5, 5.41) is 2.64. The van der Waals surface area contributed by atoms with E-state index in [4.69, 9.17) is 4.74 Å². The lowest BCUT2D eigenvalue weighted by Gasteiger charge is -2.19. The first-order valence-corrected chi connectivity index (χ1v) is 5.38. The van der Waals surface area contributed by atoms with E-state index in [1.807, 2.05) is 0 Å². The second kappa shape index (κ2) is 5.68. The fraction of sp³-hybridized carbons (Fsp3) is 0.900. The van der Waals surface area contributed by atoms with Crippen LogP contribution in [0.1, 0.15) is 0 Å². The molecule has 0 saturated carbocycles. The van der Waals surface area contributed by atoms with Gasteiger partial charge in [-0.3, -0.25) is 4.79 Å². The van der Waals surface area contributed by atoms with Crippen LogP contribution < -0.4 is 5.32 Å². The zero-order valence-electron chi connectivity index (χ0n) is 9.88. The molecule has 17 heavy (non-hydrogen) atoms. The SMILES string of the molecule is CNCC(=O)N1C[C@H](COC)[C@H](C(F)(F)F)C1. The van der Waals surface area contributed by atoms with Crippen molar-refractivity contribution in [3.8, 4) is 0 Å². The number of hydrogen-bond donors (Lipinski definition) is 1. The van der Waals surface area contributed by atoms with Crippen molar-refractivity contribution in [2.75, 3.05) is 40.4 Å². The Kier molecular flexibility index (Phi) is 4.76. The van der Waals surface area contributed by atoms with Crippen LogP contribution in [0, 0.1) is 11.8 Å². The molecule has 0 unspecified atom stereocenters. The third-order valence-corrected chi connectivity index (χ3v) is 2.92. The molecule has 1 aliphatic heterocycles. The molecule has 4 nitrogen and oxygen atoms in total. The van der Waals surface area contributed by atoms with Crippen LogP contribution in [-0.2, 0) is 9.53 Å². The van der Waals surface area contributed by atoms with Gasteiger partial charge in [0.05, 0.1) is 19.1 Å². The van der Waals surface area contributed by atoms with E-state index in [1.165, 1.54) is 12.0 Å². The molecule has 1 saturated heterocycles. The maximum Gasteiger partial charge on any atom is 0.393 e. The summed E-state index contributed by atoms with van der Waals surface area (Å²) in [6.45, 7) is -0.0750. The van der Waals surface area contributed by atoms with Crippen LogP contribution in [-0.4, -0.2) is 57.4 Å². The Morgan fingerprint density at radius 2 is 2.12 bits per heavy atom. The van der Waals surface area contributed by atoms with Crippen LogP contribution in [0.3, 0.4) is 0 Å². The van der Waals surface area contributed by atoms with Crippen molar-refractivity contribution in [1.29, 1.82) is 0 Å². The molecule has 0 aliphatic carbocycles. The normalized spacial score (nSPS) is 25.4. The summed E-state index contributed by atoms with van der Waals surface area (Å²) >= 11 is 0. The number of alkyl halides is 3. The molecule has 2 atom stereocenters. The van der Waals surface area contributed by atoms with Gasteiger partial charge in [-0.25, -0.2) is 0 Å². The Labute approximate surface area is 98.1 Å². The molecule has 1 aliphatic rings. The highest BCUT2D eigenvalue weighted by Gasteiger charge is 2.50. The van der Waals surface area contributed by atoms with Crippen molar-refractivity contribution >= 4 is 5.91 Å². The van der Waals surface area contributed by atoms with E-state index in [2.05, 4.69) is 5.32 Å². The minimum Gasteiger partial charge on any atom is -0.384 e. The molecule has 1 heterocycles. The Morgan fingerprint density at radius 1 is 1.47 bits per heavy atom. The molecule has 1 rings (SSSR count). The maximum atomic E-state index is 12.7. The minimum atomic E-state index is -4.28. The number of halogens is 3. The number of likely N-dealkylation sites (tertiary alicyclic amines) is 1. The number of hydrogen-bond acceptors (Lipinski definition) is 3. The molecule has 0 aromatic carbocycles. The van der Waals surface area contributed by atoms with Crippen LogP contribution in [0.4, 0.5) is 13.2 Å². The zero-order valence-corrected chi connectivity index (χ0v) is 9.88. The predicted octanol–water partition coefficient (Wildman–Crippen LogP) is 0.489. The number of nitrogens with zero attached hydrogens (tertiary/aromatic N) is 1. The molecular weight excluding hydrogens is 237 g/mol. The summed E-state index contributed by atoms with van der Waals surface area (Å²) in [5.74, 6) is -2.45. The molecule has 0 spiro atoms. The lowest BCUT2D eigenvalue weighted by molar-refractivity contribution is -0.183. The van der Waals surface area contributed by atoms with Gasteiger partial charge in [0.15, 0.2) is 0 Å². The van der Waals surface area contributed by atoms with Crippen molar-refractivity contribution < 1.29 is 22.7 Å². The third kappa shape index (κ3) is 3.57. The fourth-order valence-corrected chi connectivity index (χ4v) is 2.09. The fourth-order valence-electron chi connectivity index (χ4n) is 2.09. The molecule has 1 fully saturated rings. The first-order valence-electron chi connectivity index (χ1n) is 5.38. The highest BCUT2D eigenvalue weighted by Crippen LogP contribution is 2.37. The number of rotatable bonds is 4. The van der Waals surface area contributed by atoms with Crippen molar-refractivity contribution in [1.82, 2.24) is 10.2 Å². The van der Waals surface area contributed by atoms with Crippen LogP contribution >= 0.6 is 0 Å². The number of likely N-dealkylation sites (N-methyl/N-ethyl adjacent to an activating group) is 1. The number of amides is 1. The van der Waals surface area contributed by atoms with Gasteiger partial charge in [0.1, 0.15) is 0 Å². The first kappa shape index (κ1) is 14.2. The second-order valence-electron chi connectivity index (χ2n) is 4.19. The largest absolute Gasteiger partial charge is 0.393 e. The Bertz CT molecular complexity index is 271. The summed E-state index contributed by atoms with van der Waals surface area (Å²) in [4.78, 5) is 12.8. The van der Waals surface area contributed by atoms with Gasteiger partial charge < -0.3 is 15.0 Å². The maximum absolute atomic E-state index is 12.7. The van der Waals surface area contributed by atoms with E-state index in [-0.39, 0.29) is 32.1 Å². The quantitative estimate of drug-likeness (QED) is 0.794. The monoisotopic (exact) mass is 254 g/mol. The van der Waals surface area contributed by atoms with E-state index >= 15 is 0 Å². The Hall–Kier alpha value is -0.820. The second-order valence-corrected chi connectivity index (χ2v) is 4.19. The summed E-state index contributed by atoms with van der Waals surface area (Å²) in [6.07, 6.45) is -4.28. The van der Waals surface area contributed by atoms with Gasteiger partial charge in [-0.2, -0.15) is 13.2 Å². The van der Waals surface area contributed by atoms with Gasteiger partial charge in [0.2, 0.25) is 5.91 Å². The van der Waals surface area contributed by atoms with E-state index in [0.717, 1.165) is 0 Å². The molecule has 0 bridgehead atoms. The predicted molar refractivity (Wildman–Crippen MR) is 55.4 cm³/mol. The van der Waals surface area contributed by atoms with E-state index < -0.39 is 18.0 Å². The summed E-state index contributed by atoms with van der Waals surface area (Å²) in [7, 11) is 2.95. The minimum absolute atomic E-state index is 0.0213. The molecule has 0 aromatic rings. The van der Waals surface area contributed by atoms with E-state index in [9.17, 15) is 18.0 Å². The topological polar surface area (TPSA) is 41.6 Å². The van der Waals surface area contributed by atoms with Gasteiger partial charge in [0, 0.05) is 26.1 Å². The molecule has 1 N–H and O–H groups in total. The van der Waals surface area contributed by atoms with E-state index in [0.29, 0.717) is 0 Å². The standard InChI is InChI=1S/C10H17F3N2O2/c1-14-3-9(16)15-4-7(6-17-2)8(5-15)10(11,12)13/h7-8,14H,3-6H2,1-2H3/t7-,8-/m1/s1. The van der Waals surface area contributed by atoms with Crippen molar-refractivity contribution in [2.45, 2.75) is 6.18 Å². The first-order chi connectivity index (χ1) is 7.90. The Balaban J connectivity index is 2.68. The summed E-state index contributed by atoms with van der Waals surface area (Å²) in [5.41, 5.74) is 0. The van der Waals surface area contributed by atoms with Gasteiger partial charge in [-0.1, -0.05) is 0 Å². The van der Waals surface area contributed by atoms with Crippen LogP contribution in [0.15, 0.2) is 0 Å². The summed E-state index contributed by atoms with van der Waals surface area (Å²) in [6, 6.07) is 0. The summed E-state index contributed by atoms with van der Waals surface area (Å²) < 4.78 is 43.0. The number of methoxy groups -OCH3 is 1. The lowest BCUT2D eigenvalue weighted by Crippen LogP contribution is -2.36. The van der Waals surface area contributed by atoms with Crippen LogP contribution in [0.2, 0.25) is 0 Å². The number of carbonyl (C=O) groups is 1. The van der Waals surface area contributed by atoms with Gasteiger partial charge in [0.25, 0.3) is 0 Å². The van der Waals surface area contributed by atoms with Crippen LogP contribution in [0.25, 0.3) is 0 Å².